The Hall–Kier alpha value is -1.56. The molecule has 112 valence electrons. The number of hydrogen-bond acceptors (Lipinski definition) is 5. The topological polar surface area (TPSA) is 76.4 Å². The summed E-state index contributed by atoms with van der Waals surface area (Å²) in [5.41, 5.74) is -0.466. The van der Waals surface area contributed by atoms with Gasteiger partial charge in [-0.1, -0.05) is 0 Å². The molecule has 1 unspecified atom stereocenters. The molecule has 0 aromatic carbocycles. The maximum absolute atomic E-state index is 11.6. The molecule has 6 nitrogen and oxygen atoms in total. The highest BCUT2D eigenvalue weighted by molar-refractivity contribution is 5.67. The van der Waals surface area contributed by atoms with Crippen LogP contribution >= 0.6 is 0 Å². The first-order valence-corrected chi connectivity index (χ1v) is 7.01. The van der Waals surface area contributed by atoms with Crippen molar-refractivity contribution >= 4 is 6.09 Å². The summed E-state index contributed by atoms with van der Waals surface area (Å²) in [4.78, 5) is 15.5. The summed E-state index contributed by atoms with van der Waals surface area (Å²) >= 11 is 0. The van der Waals surface area contributed by atoms with Gasteiger partial charge in [-0.25, -0.2) is 9.78 Å². The molecule has 0 spiro atoms. The molecule has 1 aromatic rings. The lowest BCUT2D eigenvalue weighted by atomic mass is 10.2. The van der Waals surface area contributed by atoms with E-state index in [0.717, 1.165) is 5.76 Å². The van der Waals surface area contributed by atoms with E-state index in [2.05, 4.69) is 15.6 Å². The summed E-state index contributed by atoms with van der Waals surface area (Å²) in [7, 11) is 0. The van der Waals surface area contributed by atoms with Gasteiger partial charge in [-0.15, -0.1) is 0 Å². The zero-order valence-electron chi connectivity index (χ0n) is 12.3. The fourth-order valence-corrected chi connectivity index (χ4v) is 1.97. The molecule has 0 radical (unpaired) electrons. The Balaban J connectivity index is 1.73. The van der Waals surface area contributed by atoms with Crippen molar-refractivity contribution in [3.63, 3.8) is 0 Å². The standard InChI is InChI=1S/C14H23N3O3/c1-14(2,3)20-13(18)17-8-12(10-4-5-10)16-7-11-6-15-9-19-11/h6,9-10,12,16H,4-5,7-8H2,1-3H3,(H,17,18). The van der Waals surface area contributed by atoms with Crippen LogP contribution in [-0.4, -0.2) is 29.3 Å². The third-order valence-electron chi connectivity index (χ3n) is 3.08. The zero-order chi connectivity index (χ0) is 14.6. The van der Waals surface area contributed by atoms with Crippen LogP contribution in [0.5, 0.6) is 0 Å². The number of ether oxygens (including phenoxy) is 1. The van der Waals surface area contributed by atoms with E-state index < -0.39 is 5.60 Å². The van der Waals surface area contributed by atoms with Crippen LogP contribution in [0.15, 0.2) is 17.0 Å². The molecule has 1 atom stereocenters. The highest BCUT2D eigenvalue weighted by atomic mass is 16.6. The number of aromatic nitrogens is 1. The number of nitrogens with one attached hydrogen (secondary N) is 2. The van der Waals surface area contributed by atoms with Crippen molar-refractivity contribution in [2.75, 3.05) is 6.54 Å². The molecule has 2 N–H and O–H groups in total. The van der Waals surface area contributed by atoms with Crippen molar-refractivity contribution in [1.29, 1.82) is 0 Å². The minimum absolute atomic E-state index is 0.243. The summed E-state index contributed by atoms with van der Waals surface area (Å²) < 4.78 is 10.4. The molecule has 2 rings (SSSR count). The normalized spacial score (nSPS) is 16.8. The quantitative estimate of drug-likeness (QED) is 0.834. The van der Waals surface area contributed by atoms with E-state index in [9.17, 15) is 4.79 Å². The monoisotopic (exact) mass is 281 g/mol. The number of oxazole rings is 1. The highest BCUT2D eigenvalue weighted by Gasteiger charge is 2.31. The fourth-order valence-electron chi connectivity index (χ4n) is 1.97. The SMILES string of the molecule is CC(C)(C)OC(=O)NCC(NCc1cnco1)C1CC1. The van der Waals surface area contributed by atoms with E-state index in [1.165, 1.54) is 19.2 Å². The molecule has 1 aliphatic carbocycles. The molecule has 0 saturated heterocycles. The van der Waals surface area contributed by atoms with Gasteiger partial charge in [-0.2, -0.15) is 0 Å². The molecule has 1 fully saturated rings. The predicted octanol–water partition coefficient (Wildman–Crippen LogP) is 2.07. The van der Waals surface area contributed by atoms with Gasteiger partial charge >= 0.3 is 6.09 Å². The minimum atomic E-state index is -0.466. The Kier molecular flexibility index (Phi) is 4.65. The van der Waals surface area contributed by atoms with Crippen LogP contribution in [0, 0.1) is 5.92 Å². The zero-order valence-corrected chi connectivity index (χ0v) is 12.3. The highest BCUT2D eigenvalue weighted by Crippen LogP contribution is 2.32. The maximum Gasteiger partial charge on any atom is 0.407 e. The molecule has 0 bridgehead atoms. The molecule has 1 saturated carbocycles. The summed E-state index contributed by atoms with van der Waals surface area (Å²) in [5, 5.41) is 6.22. The van der Waals surface area contributed by atoms with Crippen LogP contribution in [0.25, 0.3) is 0 Å². The van der Waals surface area contributed by atoms with Gasteiger partial charge < -0.3 is 19.8 Å². The van der Waals surface area contributed by atoms with Crippen LogP contribution in [0.2, 0.25) is 0 Å². The van der Waals surface area contributed by atoms with Crippen molar-refractivity contribution in [2.24, 2.45) is 5.92 Å². The Morgan fingerprint density at radius 1 is 1.55 bits per heavy atom. The number of carbonyl (C=O) groups is 1. The Bertz CT molecular complexity index is 421. The van der Waals surface area contributed by atoms with Crippen molar-refractivity contribution in [2.45, 2.75) is 51.8 Å². The molecule has 0 aliphatic heterocycles. The average Bonchev–Trinajstić information content (AvgIpc) is 3.03. The van der Waals surface area contributed by atoms with Crippen molar-refractivity contribution in [1.82, 2.24) is 15.6 Å². The van der Waals surface area contributed by atoms with Gasteiger partial charge in [-0.3, -0.25) is 0 Å². The number of carbonyl (C=O) groups excluding carboxylic acids is 1. The van der Waals surface area contributed by atoms with E-state index in [1.807, 2.05) is 20.8 Å². The van der Waals surface area contributed by atoms with Crippen molar-refractivity contribution in [3.8, 4) is 0 Å². The summed E-state index contributed by atoms with van der Waals surface area (Å²) in [6.45, 7) is 6.75. The smallest absolute Gasteiger partial charge is 0.407 e. The lowest BCUT2D eigenvalue weighted by Crippen LogP contribution is -2.43. The third kappa shape index (κ3) is 5.21. The van der Waals surface area contributed by atoms with Crippen LogP contribution in [0.4, 0.5) is 4.79 Å². The van der Waals surface area contributed by atoms with Gasteiger partial charge in [0.05, 0.1) is 12.7 Å². The number of alkyl carbamates (subject to hydrolysis) is 1. The van der Waals surface area contributed by atoms with Gasteiger partial charge in [0.2, 0.25) is 0 Å². The average molecular weight is 281 g/mol. The van der Waals surface area contributed by atoms with E-state index >= 15 is 0 Å². The summed E-state index contributed by atoms with van der Waals surface area (Å²) in [6, 6.07) is 0.243. The van der Waals surface area contributed by atoms with Crippen LogP contribution in [0.3, 0.4) is 0 Å². The van der Waals surface area contributed by atoms with Crippen molar-refractivity contribution < 1.29 is 13.9 Å². The summed E-state index contributed by atoms with van der Waals surface area (Å²) in [6.07, 6.45) is 5.14. The lowest BCUT2D eigenvalue weighted by molar-refractivity contribution is 0.0521. The first-order valence-electron chi connectivity index (χ1n) is 7.01. The molecule has 1 aliphatic rings. The van der Waals surface area contributed by atoms with E-state index in [-0.39, 0.29) is 12.1 Å². The van der Waals surface area contributed by atoms with Gasteiger partial charge in [0, 0.05) is 12.6 Å². The van der Waals surface area contributed by atoms with Crippen molar-refractivity contribution in [3.05, 3.63) is 18.4 Å². The van der Waals surface area contributed by atoms with Gasteiger partial charge in [0.25, 0.3) is 0 Å². The van der Waals surface area contributed by atoms with E-state index in [0.29, 0.717) is 19.0 Å². The van der Waals surface area contributed by atoms with E-state index in [4.69, 9.17) is 9.15 Å². The Labute approximate surface area is 119 Å². The third-order valence-corrected chi connectivity index (χ3v) is 3.08. The minimum Gasteiger partial charge on any atom is -0.447 e. The van der Waals surface area contributed by atoms with Gasteiger partial charge in [-0.05, 0) is 39.5 Å². The molecule has 1 aromatic heterocycles. The first kappa shape index (κ1) is 14.8. The molecular weight excluding hydrogens is 258 g/mol. The Morgan fingerprint density at radius 2 is 2.30 bits per heavy atom. The first-order chi connectivity index (χ1) is 9.44. The largest absolute Gasteiger partial charge is 0.447 e. The molecule has 1 amide bonds. The molecule has 6 heteroatoms. The lowest BCUT2D eigenvalue weighted by Gasteiger charge is -2.22. The van der Waals surface area contributed by atoms with Gasteiger partial charge in [0.1, 0.15) is 11.4 Å². The predicted molar refractivity (Wildman–Crippen MR) is 74.1 cm³/mol. The van der Waals surface area contributed by atoms with E-state index in [1.54, 1.807) is 6.20 Å². The number of rotatable bonds is 6. The van der Waals surface area contributed by atoms with Crippen LogP contribution < -0.4 is 10.6 Å². The number of amides is 1. The second-order valence-electron chi connectivity index (χ2n) is 6.18. The fraction of sp³-hybridized carbons (Fsp3) is 0.714. The number of hydrogen-bond donors (Lipinski definition) is 2. The van der Waals surface area contributed by atoms with Crippen LogP contribution in [0.1, 0.15) is 39.4 Å². The second kappa shape index (κ2) is 6.26. The Morgan fingerprint density at radius 3 is 2.85 bits per heavy atom. The molecular formula is C14H23N3O3. The van der Waals surface area contributed by atoms with Gasteiger partial charge in [0.15, 0.2) is 6.39 Å². The number of nitrogens with zero attached hydrogens (tertiary/aromatic N) is 1. The molecule has 20 heavy (non-hydrogen) atoms. The summed E-state index contributed by atoms with van der Waals surface area (Å²) in [5.74, 6) is 1.42. The second-order valence-corrected chi connectivity index (χ2v) is 6.18. The van der Waals surface area contributed by atoms with Crippen LogP contribution in [-0.2, 0) is 11.3 Å². The molecule has 1 heterocycles. The maximum atomic E-state index is 11.6.